The third-order valence-electron chi connectivity index (χ3n) is 3.69. The summed E-state index contributed by atoms with van der Waals surface area (Å²) in [6, 6.07) is 7.30. The molecule has 1 aromatic carbocycles. The van der Waals surface area contributed by atoms with Crippen LogP contribution in [0.15, 0.2) is 48.2 Å². The number of benzene rings is 1. The molecule has 0 saturated heterocycles. The van der Waals surface area contributed by atoms with Crippen molar-refractivity contribution in [3.63, 3.8) is 0 Å². The number of methoxy groups -OCH3 is 1. The lowest BCUT2D eigenvalue weighted by atomic mass is 10.0. The van der Waals surface area contributed by atoms with Crippen LogP contribution < -0.4 is 10.1 Å². The van der Waals surface area contributed by atoms with E-state index in [-0.39, 0.29) is 12.3 Å². The molecule has 138 valence electrons. The Morgan fingerprint density at radius 1 is 1.19 bits per heavy atom. The molecule has 3 aromatic rings. The molecule has 1 N–H and O–H groups in total. The van der Waals surface area contributed by atoms with Crippen molar-refractivity contribution in [3.8, 4) is 16.9 Å². The van der Waals surface area contributed by atoms with Gasteiger partial charge in [-0.3, -0.25) is 9.78 Å². The summed E-state index contributed by atoms with van der Waals surface area (Å²) in [5.41, 5.74) is 1.96. The summed E-state index contributed by atoms with van der Waals surface area (Å²) in [6.45, 7) is 1.96. The highest BCUT2D eigenvalue weighted by Crippen LogP contribution is 2.37. The molecule has 0 aliphatic carbocycles. The summed E-state index contributed by atoms with van der Waals surface area (Å²) in [7, 11) is 1.59. The Bertz CT molecular complexity index is 939. The zero-order valence-corrected chi connectivity index (χ0v) is 15.6. The first-order chi connectivity index (χ1) is 13.1. The number of ether oxygens (including phenoxy) is 2. The Morgan fingerprint density at radius 2 is 1.96 bits per heavy atom. The normalized spacial score (nSPS) is 10.3. The molecule has 0 saturated carbocycles. The second-order valence-electron chi connectivity index (χ2n) is 5.35. The van der Waals surface area contributed by atoms with Gasteiger partial charge >= 0.3 is 5.97 Å². The minimum absolute atomic E-state index is 0.159. The van der Waals surface area contributed by atoms with Crippen LogP contribution in [0.25, 0.3) is 11.1 Å². The van der Waals surface area contributed by atoms with Crippen molar-refractivity contribution in [1.29, 1.82) is 0 Å². The summed E-state index contributed by atoms with van der Waals surface area (Å²) in [6.07, 6.45) is 4.27. The first-order valence-corrected chi connectivity index (χ1v) is 9.02. The standard InChI is InChI=1S/C19H17N3O4S/c1-3-26-19(24)16-14(12-4-6-13(25-2)7-5-12)11-27-18(16)22-17(23)15-10-20-8-9-21-15/h4-11H,3H2,1-2H3,(H,22,23). The number of nitrogens with one attached hydrogen (secondary N) is 1. The molecule has 2 heterocycles. The largest absolute Gasteiger partial charge is 0.497 e. The molecular weight excluding hydrogens is 366 g/mol. The molecule has 0 aliphatic heterocycles. The van der Waals surface area contributed by atoms with E-state index in [2.05, 4.69) is 15.3 Å². The van der Waals surface area contributed by atoms with Gasteiger partial charge < -0.3 is 14.8 Å². The maximum Gasteiger partial charge on any atom is 0.341 e. The third-order valence-corrected chi connectivity index (χ3v) is 4.59. The smallest absolute Gasteiger partial charge is 0.341 e. The van der Waals surface area contributed by atoms with Gasteiger partial charge in [-0.05, 0) is 24.6 Å². The van der Waals surface area contributed by atoms with Crippen LogP contribution in [0.5, 0.6) is 5.75 Å². The minimum Gasteiger partial charge on any atom is -0.497 e. The predicted octanol–water partition coefficient (Wildman–Crippen LogP) is 3.64. The molecule has 0 atom stereocenters. The highest BCUT2D eigenvalue weighted by atomic mass is 32.1. The molecule has 8 heteroatoms. The maximum atomic E-state index is 12.5. The van der Waals surface area contributed by atoms with Gasteiger partial charge in [-0.25, -0.2) is 9.78 Å². The average molecular weight is 383 g/mol. The summed E-state index contributed by atoms with van der Waals surface area (Å²) in [5.74, 6) is -0.237. The fourth-order valence-electron chi connectivity index (χ4n) is 2.42. The number of hydrogen-bond acceptors (Lipinski definition) is 7. The molecular formula is C19H17N3O4S. The van der Waals surface area contributed by atoms with Crippen molar-refractivity contribution in [1.82, 2.24) is 9.97 Å². The van der Waals surface area contributed by atoms with E-state index in [9.17, 15) is 9.59 Å². The van der Waals surface area contributed by atoms with E-state index in [1.54, 1.807) is 31.5 Å². The lowest BCUT2D eigenvalue weighted by Crippen LogP contribution is -2.16. The van der Waals surface area contributed by atoms with Crippen LogP contribution in [-0.2, 0) is 4.74 Å². The van der Waals surface area contributed by atoms with Crippen molar-refractivity contribution in [2.45, 2.75) is 6.92 Å². The molecule has 27 heavy (non-hydrogen) atoms. The van der Waals surface area contributed by atoms with E-state index in [0.717, 1.165) is 5.56 Å². The summed E-state index contributed by atoms with van der Waals surface area (Å²) in [5, 5.41) is 4.93. The number of amides is 1. The van der Waals surface area contributed by atoms with Gasteiger partial charge in [0.25, 0.3) is 5.91 Å². The molecule has 0 spiro atoms. The second-order valence-corrected chi connectivity index (χ2v) is 6.23. The van der Waals surface area contributed by atoms with E-state index in [0.29, 0.717) is 21.9 Å². The van der Waals surface area contributed by atoms with E-state index in [1.165, 1.54) is 29.9 Å². The molecule has 2 aromatic heterocycles. The van der Waals surface area contributed by atoms with Gasteiger partial charge in [0, 0.05) is 23.3 Å². The number of anilines is 1. The SMILES string of the molecule is CCOC(=O)c1c(-c2ccc(OC)cc2)csc1NC(=O)c1cnccn1. The lowest BCUT2D eigenvalue weighted by Gasteiger charge is -2.09. The Balaban J connectivity index is 1.97. The van der Waals surface area contributed by atoms with Gasteiger partial charge in [0.05, 0.1) is 19.9 Å². The Kier molecular flexibility index (Phi) is 5.77. The number of hydrogen-bond donors (Lipinski definition) is 1. The van der Waals surface area contributed by atoms with Crippen molar-refractivity contribution in [3.05, 3.63) is 59.5 Å². The van der Waals surface area contributed by atoms with Crippen LogP contribution in [0.1, 0.15) is 27.8 Å². The molecule has 0 unspecified atom stereocenters. The summed E-state index contributed by atoms with van der Waals surface area (Å²) < 4.78 is 10.4. The van der Waals surface area contributed by atoms with Gasteiger partial charge in [-0.15, -0.1) is 11.3 Å². The maximum absolute atomic E-state index is 12.5. The first-order valence-electron chi connectivity index (χ1n) is 8.14. The highest BCUT2D eigenvalue weighted by molar-refractivity contribution is 7.15. The van der Waals surface area contributed by atoms with Crippen LogP contribution in [-0.4, -0.2) is 35.6 Å². The molecule has 7 nitrogen and oxygen atoms in total. The summed E-state index contributed by atoms with van der Waals surface area (Å²) >= 11 is 1.25. The van der Waals surface area contributed by atoms with Crippen molar-refractivity contribution in [2.75, 3.05) is 19.0 Å². The molecule has 0 fully saturated rings. The van der Waals surface area contributed by atoms with Crippen LogP contribution in [0.2, 0.25) is 0 Å². The second kappa shape index (κ2) is 8.41. The zero-order chi connectivity index (χ0) is 19.2. The number of esters is 1. The van der Waals surface area contributed by atoms with Crippen LogP contribution in [0.4, 0.5) is 5.00 Å². The predicted molar refractivity (Wildman–Crippen MR) is 102 cm³/mol. The lowest BCUT2D eigenvalue weighted by molar-refractivity contribution is 0.0529. The molecule has 1 amide bonds. The van der Waals surface area contributed by atoms with E-state index < -0.39 is 11.9 Å². The highest BCUT2D eigenvalue weighted by Gasteiger charge is 2.23. The van der Waals surface area contributed by atoms with Crippen LogP contribution in [0.3, 0.4) is 0 Å². The summed E-state index contributed by atoms with van der Waals surface area (Å²) in [4.78, 5) is 32.8. The van der Waals surface area contributed by atoms with Crippen LogP contribution in [0, 0.1) is 0 Å². The molecule has 3 rings (SSSR count). The topological polar surface area (TPSA) is 90.4 Å². The van der Waals surface area contributed by atoms with Gasteiger partial charge in [0.1, 0.15) is 22.0 Å². The zero-order valence-electron chi connectivity index (χ0n) is 14.8. The fraction of sp³-hybridized carbons (Fsp3) is 0.158. The van der Waals surface area contributed by atoms with E-state index >= 15 is 0 Å². The van der Waals surface area contributed by atoms with E-state index in [4.69, 9.17) is 9.47 Å². The Morgan fingerprint density at radius 3 is 2.59 bits per heavy atom. The molecule has 0 aliphatic rings. The Hall–Kier alpha value is -3.26. The molecule has 0 radical (unpaired) electrons. The number of thiophene rings is 1. The number of carbonyl (C=O) groups excluding carboxylic acids is 2. The molecule has 0 bridgehead atoms. The van der Waals surface area contributed by atoms with Crippen LogP contribution >= 0.6 is 11.3 Å². The first kappa shape index (κ1) is 18.5. The van der Waals surface area contributed by atoms with Gasteiger partial charge in [0.15, 0.2) is 0 Å². The number of nitrogens with zero attached hydrogens (tertiary/aromatic N) is 2. The van der Waals surface area contributed by atoms with Gasteiger partial charge in [0.2, 0.25) is 0 Å². The van der Waals surface area contributed by atoms with Gasteiger partial charge in [-0.1, -0.05) is 12.1 Å². The fourth-order valence-corrected chi connectivity index (χ4v) is 3.37. The third kappa shape index (κ3) is 4.12. The van der Waals surface area contributed by atoms with E-state index in [1.807, 2.05) is 12.1 Å². The number of rotatable bonds is 6. The van der Waals surface area contributed by atoms with Gasteiger partial charge in [-0.2, -0.15) is 0 Å². The monoisotopic (exact) mass is 383 g/mol. The van der Waals surface area contributed by atoms with Crippen molar-refractivity contribution >= 4 is 28.2 Å². The quantitative estimate of drug-likeness (QED) is 0.654. The number of aromatic nitrogens is 2. The number of carbonyl (C=O) groups is 2. The van der Waals surface area contributed by atoms with Crippen molar-refractivity contribution < 1.29 is 19.1 Å². The van der Waals surface area contributed by atoms with Crippen molar-refractivity contribution in [2.24, 2.45) is 0 Å². The average Bonchev–Trinajstić information content (AvgIpc) is 3.12. The minimum atomic E-state index is -0.501. The Labute approximate surface area is 160 Å².